The summed E-state index contributed by atoms with van der Waals surface area (Å²) in [6, 6.07) is 0. The van der Waals surface area contributed by atoms with E-state index < -0.39 is 33.9 Å². The molecule has 0 amide bonds. The summed E-state index contributed by atoms with van der Waals surface area (Å²) in [4.78, 5) is 2.87. The maximum atomic E-state index is 12.3. The highest BCUT2D eigenvalue weighted by Gasteiger charge is 2.37. The fraction of sp³-hybridized carbons (Fsp3) is 0.286. The molecule has 15 heavy (non-hydrogen) atoms. The van der Waals surface area contributed by atoms with E-state index in [-0.39, 0.29) is 0 Å². The molecule has 0 fully saturated rings. The van der Waals surface area contributed by atoms with Crippen molar-refractivity contribution >= 4 is 23.2 Å². The Bertz CT molecular complexity index is 376. The zero-order chi connectivity index (χ0) is 11.8. The van der Waals surface area contributed by atoms with Crippen LogP contribution in [0.3, 0.4) is 0 Å². The lowest BCUT2D eigenvalue weighted by Crippen LogP contribution is -2.10. The van der Waals surface area contributed by atoms with Gasteiger partial charge in [-0.25, -0.2) is 13.8 Å². The Morgan fingerprint density at radius 1 is 1.20 bits per heavy atom. The molecule has 84 valence electrons. The predicted octanol–water partition coefficient (Wildman–Crippen LogP) is 4.34. The number of hydrogen-bond donors (Lipinski definition) is 0. The average molecular weight is 266 g/mol. The number of aromatic nitrogens is 1. The first-order valence-electron chi connectivity index (χ1n) is 3.44. The normalized spacial score (nSPS) is 12.3. The highest BCUT2D eigenvalue weighted by atomic mass is 35.5. The lowest BCUT2D eigenvalue weighted by Gasteiger charge is -2.11. The van der Waals surface area contributed by atoms with Crippen molar-refractivity contribution in [2.24, 2.45) is 0 Å². The zero-order valence-electron chi connectivity index (χ0n) is 6.75. The minimum Gasteiger partial charge on any atom is -0.249 e. The van der Waals surface area contributed by atoms with Gasteiger partial charge in [0.05, 0.1) is 15.6 Å². The molecule has 0 atom stereocenters. The molecule has 8 heteroatoms. The number of pyridine rings is 1. The van der Waals surface area contributed by atoms with Crippen molar-refractivity contribution in [1.82, 2.24) is 4.98 Å². The Labute approximate surface area is 90.8 Å². The molecular formula is C7H2Cl2F5N. The first-order chi connectivity index (χ1) is 6.75. The van der Waals surface area contributed by atoms with Gasteiger partial charge in [0.1, 0.15) is 0 Å². The van der Waals surface area contributed by atoms with Gasteiger partial charge < -0.3 is 0 Å². The Morgan fingerprint density at radius 2 is 1.73 bits per heavy atom. The summed E-state index contributed by atoms with van der Waals surface area (Å²) in [5.41, 5.74) is -2.62. The standard InChI is InChI=1S/C7H2Cl2F5N/c8-2-1-15-5(7(12,13)14)4(9)3(2)6(10)11/h1,6H. The molecule has 0 spiro atoms. The van der Waals surface area contributed by atoms with Crippen LogP contribution in [0.1, 0.15) is 17.7 Å². The van der Waals surface area contributed by atoms with Crippen LogP contribution < -0.4 is 0 Å². The average Bonchev–Trinajstić information content (AvgIpc) is 2.00. The minimum absolute atomic E-state index is 0.498. The number of nitrogens with zero attached hydrogens (tertiary/aromatic N) is 1. The van der Waals surface area contributed by atoms with E-state index in [1.165, 1.54) is 0 Å². The van der Waals surface area contributed by atoms with Crippen LogP contribution in [0, 0.1) is 0 Å². The van der Waals surface area contributed by atoms with E-state index in [2.05, 4.69) is 4.98 Å². The van der Waals surface area contributed by atoms with Crippen molar-refractivity contribution in [2.75, 3.05) is 0 Å². The van der Waals surface area contributed by atoms with E-state index in [0.29, 0.717) is 6.20 Å². The summed E-state index contributed by atoms with van der Waals surface area (Å²) in [5.74, 6) is 0. The van der Waals surface area contributed by atoms with Crippen LogP contribution in [-0.4, -0.2) is 4.98 Å². The minimum atomic E-state index is -4.88. The third-order valence-electron chi connectivity index (χ3n) is 1.50. The summed E-state index contributed by atoms with van der Waals surface area (Å²) >= 11 is 10.4. The molecule has 0 saturated carbocycles. The topological polar surface area (TPSA) is 12.9 Å². The highest BCUT2D eigenvalue weighted by Crippen LogP contribution is 2.40. The van der Waals surface area contributed by atoms with Crippen LogP contribution in [0.25, 0.3) is 0 Å². The predicted molar refractivity (Wildman–Crippen MR) is 44.2 cm³/mol. The molecule has 0 aliphatic carbocycles. The molecule has 1 aromatic heterocycles. The van der Waals surface area contributed by atoms with Crippen molar-refractivity contribution in [3.8, 4) is 0 Å². The molecule has 0 aliphatic rings. The number of hydrogen-bond acceptors (Lipinski definition) is 1. The van der Waals surface area contributed by atoms with Gasteiger partial charge in [0, 0.05) is 6.20 Å². The second-order valence-corrected chi connectivity index (χ2v) is 3.27. The molecule has 0 aromatic carbocycles. The fourth-order valence-electron chi connectivity index (χ4n) is 0.877. The number of halogens is 7. The second kappa shape index (κ2) is 4.09. The molecule has 1 aromatic rings. The molecule has 1 heterocycles. The molecule has 0 radical (unpaired) electrons. The summed E-state index contributed by atoms with van der Waals surface area (Å²) in [6.07, 6.45) is -7.57. The van der Waals surface area contributed by atoms with Crippen LogP contribution in [0.15, 0.2) is 6.20 Å². The highest BCUT2D eigenvalue weighted by molar-refractivity contribution is 6.36. The summed E-state index contributed by atoms with van der Waals surface area (Å²) in [6.45, 7) is 0. The van der Waals surface area contributed by atoms with Gasteiger partial charge in [-0.1, -0.05) is 23.2 Å². The quantitative estimate of drug-likeness (QED) is 0.689. The van der Waals surface area contributed by atoms with Crippen molar-refractivity contribution in [3.63, 3.8) is 0 Å². The van der Waals surface area contributed by atoms with Crippen LogP contribution in [-0.2, 0) is 6.18 Å². The van der Waals surface area contributed by atoms with E-state index in [1.807, 2.05) is 0 Å². The Hall–Kier alpha value is -0.620. The fourth-order valence-corrected chi connectivity index (χ4v) is 1.49. The zero-order valence-corrected chi connectivity index (χ0v) is 8.26. The monoisotopic (exact) mass is 265 g/mol. The summed E-state index contributed by atoms with van der Waals surface area (Å²) < 4.78 is 61.2. The largest absolute Gasteiger partial charge is 0.434 e. The van der Waals surface area contributed by atoms with Gasteiger partial charge in [-0.2, -0.15) is 13.2 Å². The molecule has 1 nitrogen and oxygen atoms in total. The lowest BCUT2D eigenvalue weighted by atomic mass is 10.2. The molecule has 0 aliphatic heterocycles. The van der Waals surface area contributed by atoms with Crippen LogP contribution in [0.2, 0.25) is 10.0 Å². The van der Waals surface area contributed by atoms with Crippen LogP contribution >= 0.6 is 23.2 Å². The maximum absolute atomic E-state index is 12.3. The lowest BCUT2D eigenvalue weighted by molar-refractivity contribution is -0.141. The second-order valence-electron chi connectivity index (χ2n) is 2.48. The Morgan fingerprint density at radius 3 is 2.13 bits per heavy atom. The van der Waals surface area contributed by atoms with E-state index in [9.17, 15) is 22.0 Å². The van der Waals surface area contributed by atoms with Gasteiger partial charge >= 0.3 is 6.18 Å². The SMILES string of the molecule is FC(F)c1c(Cl)cnc(C(F)(F)F)c1Cl. The third kappa shape index (κ3) is 2.49. The molecule has 0 N–H and O–H groups in total. The van der Waals surface area contributed by atoms with Gasteiger partial charge in [-0.05, 0) is 0 Å². The van der Waals surface area contributed by atoms with Crippen LogP contribution in [0.5, 0.6) is 0 Å². The van der Waals surface area contributed by atoms with Gasteiger partial charge in [-0.15, -0.1) is 0 Å². The maximum Gasteiger partial charge on any atom is 0.434 e. The molecule has 0 unspecified atom stereocenters. The molecule has 0 bridgehead atoms. The van der Waals surface area contributed by atoms with E-state index in [0.717, 1.165) is 0 Å². The van der Waals surface area contributed by atoms with E-state index in [4.69, 9.17) is 23.2 Å². The van der Waals surface area contributed by atoms with Crippen molar-refractivity contribution in [3.05, 3.63) is 27.5 Å². The Kier molecular flexibility index (Phi) is 3.40. The molecule has 0 saturated heterocycles. The van der Waals surface area contributed by atoms with Gasteiger partial charge in [-0.3, -0.25) is 0 Å². The molecular weight excluding hydrogens is 264 g/mol. The smallest absolute Gasteiger partial charge is 0.249 e. The van der Waals surface area contributed by atoms with Crippen molar-refractivity contribution in [1.29, 1.82) is 0 Å². The van der Waals surface area contributed by atoms with Crippen molar-refractivity contribution < 1.29 is 22.0 Å². The first kappa shape index (κ1) is 12.4. The van der Waals surface area contributed by atoms with E-state index >= 15 is 0 Å². The first-order valence-corrected chi connectivity index (χ1v) is 4.20. The van der Waals surface area contributed by atoms with E-state index in [1.54, 1.807) is 0 Å². The third-order valence-corrected chi connectivity index (χ3v) is 2.18. The molecule has 1 rings (SSSR count). The summed E-state index contributed by atoms with van der Waals surface area (Å²) in [7, 11) is 0. The van der Waals surface area contributed by atoms with Gasteiger partial charge in [0.15, 0.2) is 5.69 Å². The number of rotatable bonds is 1. The van der Waals surface area contributed by atoms with Gasteiger partial charge in [0.25, 0.3) is 6.43 Å². The Balaban J connectivity index is 3.42. The number of alkyl halides is 5. The van der Waals surface area contributed by atoms with Crippen molar-refractivity contribution in [2.45, 2.75) is 12.6 Å². The van der Waals surface area contributed by atoms with Gasteiger partial charge in [0.2, 0.25) is 0 Å². The summed E-state index contributed by atoms with van der Waals surface area (Å²) in [5, 5.41) is -1.76. The van der Waals surface area contributed by atoms with Crippen LogP contribution in [0.4, 0.5) is 22.0 Å².